The molecule has 0 saturated carbocycles. The van der Waals surface area contributed by atoms with Crippen molar-refractivity contribution in [2.75, 3.05) is 6.54 Å². The van der Waals surface area contributed by atoms with Crippen LogP contribution >= 0.6 is 0 Å². The lowest BCUT2D eigenvalue weighted by Gasteiger charge is -2.22. The van der Waals surface area contributed by atoms with Gasteiger partial charge < -0.3 is 5.73 Å². The van der Waals surface area contributed by atoms with Gasteiger partial charge in [0.05, 0.1) is 0 Å². The molecule has 0 fully saturated rings. The molecule has 0 amide bonds. The highest BCUT2D eigenvalue weighted by Crippen LogP contribution is 2.13. The Balaban J connectivity index is 2.09. The van der Waals surface area contributed by atoms with Gasteiger partial charge in [0, 0.05) is 32.0 Å². The first-order valence-electron chi connectivity index (χ1n) is 7.12. The van der Waals surface area contributed by atoms with Crippen molar-refractivity contribution in [3.63, 3.8) is 0 Å². The Morgan fingerprint density at radius 2 is 1.85 bits per heavy atom. The SMILES string of the molecule is CCN(Cc1cncc(C)c1)Cc1ccccc1CN. The quantitative estimate of drug-likeness (QED) is 0.877. The second-order valence-corrected chi connectivity index (χ2v) is 5.15. The van der Waals surface area contributed by atoms with Crippen molar-refractivity contribution in [1.29, 1.82) is 0 Å². The first kappa shape index (κ1) is 14.7. The highest BCUT2D eigenvalue weighted by Gasteiger charge is 2.08. The number of nitrogens with two attached hydrogens (primary N) is 1. The molecular weight excluding hydrogens is 246 g/mol. The zero-order chi connectivity index (χ0) is 14.4. The van der Waals surface area contributed by atoms with E-state index in [4.69, 9.17) is 5.73 Å². The average Bonchev–Trinajstić information content (AvgIpc) is 2.47. The van der Waals surface area contributed by atoms with Crippen molar-refractivity contribution in [2.24, 2.45) is 5.73 Å². The number of hydrogen-bond acceptors (Lipinski definition) is 3. The monoisotopic (exact) mass is 269 g/mol. The van der Waals surface area contributed by atoms with Gasteiger partial charge in [-0.05, 0) is 35.7 Å². The Morgan fingerprint density at radius 3 is 2.50 bits per heavy atom. The van der Waals surface area contributed by atoms with Crippen LogP contribution in [0, 0.1) is 6.92 Å². The molecule has 0 radical (unpaired) electrons. The van der Waals surface area contributed by atoms with Crippen LogP contribution in [0.15, 0.2) is 42.7 Å². The number of aryl methyl sites for hydroxylation is 1. The molecule has 2 aromatic rings. The molecule has 106 valence electrons. The third kappa shape index (κ3) is 3.89. The van der Waals surface area contributed by atoms with Crippen molar-refractivity contribution < 1.29 is 0 Å². The summed E-state index contributed by atoms with van der Waals surface area (Å²) < 4.78 is 0. The maximum Gasteiger partial charge on any atom is 0.0313 e. The summed E-state index contributed by atoms with van der Waals surface area (Å²) in [5, 5.41) is 0. The summed E-state index contributed by atoms with van der Waals surface area (Å²) >= 11 is 0. The van der Waals surface area contributed by atoms with E-state index in [2.05, 4.69) is 48.0 Å². The third-order valence-electron chi connectivity index (χ3n) is 3.52. The molecule has 3 nitrogen and oxygen atoms in total. The Kier molecular flexibility index (Phi) is 5.27. The number of benzene rings is 1. The molecule has 2 N–H and O–H groups in total. The fourth-order valence-corrected chi connectivity index (χ4v) is 2.39. The molecule has 20 heavy (non-hydrogen) atoms. The minimum atomic E-state index is 0.597. The minimum Gasteiger partial charge on any atom is -0.326 e. The molecule has 0 bridgehead atoms. The van der Waals surface area contributed by atoms with Crippen molar-refractivity contribution >= 4 is 0 Å². The van der Waals surface area contributed by atoms with Gasteiger partial charge >= 0.3 is 0 Å². The van der Waals surface area contributed by atoms with Gasteiger partial charge in [0.1, 0.15) is 0 Å². The largest absolute Gasteiger partial charge is 0.326 e. The molecule has 1 aromatic carbocycles. The van der Waals surface area contributed by atoms with Crippen LogP contribution in [0.4, 0.5) is 0 Å². The van der Waals surface area contributed by atoms with E-state index in [1.807, 2.05) is 18.5 Å². The summed E-state index contributed by atoms with van der Waals surface area (Å²) in [7, 11) is 0. The van der Waals surface area contributed by atoms with Gasteiger partial charge in [0.15, 0.2) is 0 Å². The van der Waals surface area contributed by atoms with Gasteiger partial charge in [-0.3, -0.25) is 9.88 Å². The molecule has 0 unspecified atom stereocenters. The van der Waals surface area contributed by atoms with Gasteiger partial charge in [-0.25, -0.2) is 0 Å². The van der Waals surface area contributed by atoms with Crippen molar-refractivity contribution in [3.8, 4) is 0 Å². The molecule has 0 aliphatic heterocycles. The van der Waals surface area contributed by atoms with E-state index in [1.165, 1.54) is 22.3 Å². The summed E-state index contributed by atoms with van der Waals surface area (Å²) in [6.07, 6.45) is 3.84. The lowest BCUT2D eigenvalue weighted by atomic mass is 10.1. The number of nitrogens with zero attached hydrogens (tertiary/aromatic N) is 2. The lowest BCUT2D eigenvalue weighted by Crippen LogP contribution is -2.23. The fourth-order valence-electron chi connectivity index (χ4n) is 2.39. The first-order valence-corrected chi connectivity index (χ1v) is 7.12. The van der Waals surface area contributed by atoms with Crippen LogP contribution < -0.4 is 5.73 Å². The number of aromatic nitrogens is 1. The maximum absolute atomic E-state index is 5.81. The van der Waals surface area contributed by atoms with Gasteiger partial charge in [0.2, 0.25) is 0 Å². The third-order valence-corrected chi connectivity index (χ3v) is 3.52. The smallest absolute Gasteiger partial charge is 0.0313 e. The molecule has 3 heteroatoms. The van der Waals surface area contributed by atoms with Crippen LogP contribution in [0.1, 0.15) is 29.2 Å². The van der Waals surface area contributed by atoms with Gasteiger partial charge in [-0.1, -0.05) is 37.3 Å². The molecule has 0 atom stereocenters. The Labute approximate surface area is 121 Å². The summed E-state index contributed by atoms with van der Waals surface area (Å²) in [4.78, 5) is 6.67. The second-order valence-electron chi connectivity index (χ2n) is 5.15. The standard InChI is InChI=1S/C17H23N3/c1-3-20(12-15-8-14(2)10-19-11-15)13-17-7-5-4-6-16(17)9-18/h4-8,10-11H,3,9,12-13,18H2,1-2H3. The summed E-state index contributed by atoms with van der Waals surface area (Å²) in [5.41, 5.74) is 10.8. The zero-order valence-electron chi connectivity index (χ0n) is 12.3. The summed E-state index contributed by atoms with van der Waals surface area (Å²) in [6, 6.07) is 10.6. The number of pyridine rings is 1. The molecule has 1 aromatic heterocycles. The van der Waals surface area contributed by atoms with Gasteiger partial charge in [0.25, 0.3) is 0 Å². The Hall–Kier alpha value is -1.71. The fraction of sp³-hybridized carbons (Fsp3) is 0.353. The van der Waals surface area contributed by atoms with Crippen LogP contribution in [0.5, 0.6) is 0 Å². The lowest BCUT2D eigenvalue weighted by molar-refractivity contribution is 0.270. The van der Waals surface area contributed by atoms with Crippen LogP contribution in [-0.2, 0) is 19.6 Å². The topological polar surface area (TPSA) is 42.2 Å². The van der Waals surface area contributed by atoms with Crippen LogP contribution in [0.3, 0.4) is 0 Å². The summed E-state index contributed by atoms with van der Waals surface area (Å²) in [6.45, 7) is 7.72. The normalized spacial score (nSPS) is 11.0. The number of rotatable bonds is 6. The molecule has 0 saturated heterocycles. The van der Waals surface area contributed by atoms with E-state index in [9.17, 15) is 0 Å². The van der Waals surface area contributed by atoms with Crippen LogP contribution in [0.2, 0.25) is 0 Å². The molecule has 0 aliphatic rings. The van der Waals surface area contributed by atoms with Crippen molar-refractivity contribution in [3.05, 3.63) is 65.0 Å². The summed E-state index contributed by atoms with van der Waals surface area (Å²) in [5.74, 6) is 0. The van der Waals surface area contributed by atoms with E-state index < -0.39 is 0 Å². The van der Waals surface area contributed by atoms with Gasteiger partial charge in [-0.15, -0.1) is 0 Å². The Morgan fingerprint density at radius 1 is 1.10 bits per heavy atom. The number of hydrogen-bond donors (Lipinski definition) is 1. The Bertz CT molecular complexity index is 551. The molecule has 1 heterocycles. The first-order chi connectivity index (χ1) is 9.72. The van der Waals surface area contributed by atoms with E-state index in [0.29, 0.717) is 6.54 Å². The molecule has 0 spiro atoms. The molecular formula is C17H23N3. The van der Waals surface area contributed by atoms with Crippen molar-refractivity contribution in [1.82, 2.24) is 9.88 Å². The van der Waals surface area contributed by atoms with Crippen LogP contribution in [-0.4, -0.2) is 16.4 Å². The van der Waals surface area contributed by atoms with Gasteiger partial charge in [-0.2, -0.15) is 0 Å². The van der Waals surface area contributed by atoms with E-state index in [1.54, 1.807) is 0 Å². The zero-order valence-corrected chi connectivity index (χ0v) is 12.3. The van der Waals surface area contributed by atoms with E-state index in [-0.39, 0.29) is 0 Å². The molecule has 0 aliphatic carbocycles. The average molecular weight is 269 g/mol. The second kappa shape index (κ2) is 7.17. The molecule has 2 rings (SSSR count). The highest BCUT2D eigenvalue weighted by molar-refractivity contribution is 5.27. The predicted molar refractivity (Wildman–Crippen MR) is 83.1 cm³/mol. The van der Waals surface area contributed by atoms with Crippen molar-refractivity contribution in [2.45, 2.75) is 33.5 Å². The maximum atomic E-state index is 5.81. The highest BCUT2D eigenvalue weighted by atomic mass is 15.1. The predicted octanol–water partition coefficient (Wildman–Crippen LogP) is 2.87. The van der Waals surface area contributed by atoms with E-state index in [0.717, 1.165) is 19.6 Å². The van der Waals surface area contributed by atoms with E-state index >= 15 is 0 Å². The van der Waals surface area contributed by atoms with Crippen LogP contribution in [0.25, 0.3) is 0 Å². The minimum absolute atomic E-state index is 0.597.